The number of ether oxygens (including phenoxy) is 3. The van der Waals surface area contributed by atoms with Crippen molar-refractivity contribution < 1.29 is 28.6 Å². The highest BCUT2D eigenvalue weighted by Crippen LogP contribution is 2.13. The van der Waals surface area contributed by atoms with Gasteiger partial charge in [-0.15, -0.1) is 0 Å². The lowest BCUT2D eigenvalue weighted by atomic mass is 10.1. The van der Waals surface area contributed by atoms with Crippen LogP contribution in [0.3, 0.4) is 0 Å². The fraction of sp³-hybridized carbons (Fsp3) is 0.824. The van der Waals surface area contributed by atoms with Crippen LogP contribution in [0.1, 0.15) is 252 Å². The van der Waals surface area contributed by atoms with Gasteiger partial charge in [-0.1, -0.05) is 173 Å². The predicted molar refractivity (Wildman–Crippen MR) is 242 cm³/mol. The van der Waals surface area contributed by atoms with Gasteiger partial charge in [0.1, 0.15) is 13.2 Å². The Morgan fingerprint density at radius 2 is 0.579 bits per heavy atom. The van der Waals surface area contributed by atoms with E-state index >= 15 is 0 Å². The molecule has 0 aliphatic heterocycles. The lowest BCUT2D eigenvalue weighted by Gasteiger charge is -2.18. The Bertz CT molecular complexity index is 917. The molecule has 0 radical (unpaired) electrons. The summed E-state index contributed by atoms with van der Waals surface area (Å²) in [6.07, 6.45) is 52.6. The Hall–Kier alpha value is -2.37. The van der Waals surface area contributed by atoms with Crippen molar-refractivity contribution in [2.75, 3.05) is 13.2 Å². The van der Waals surface area contributed by atoms with Crippen molar-refractivity contribution in [2.24, 2.45) is 0 Å². The monoisotopic (exact) mass is 801 g/mol. The summed E-state index contributed by atoms with van der Waals surface area (Å²) < 4.78 is 16.7. The lowest BCUT2D eigenvalue weighted by molar-refractivity contribution is -0.167. The SMILES string of the molecule is CCCCCCCC=CCCCCCCC(=O)OCC(COC(=O)CCCCCCC=CCCCCCCC)OC(=O)CCCCCCC=CCCCCCCC. The molecular formula is C51H92O6. The minimum absolute atomic E-state index is 0.0850. The van der Waals surface area contributed by atoms with E-state index in [9.17, 15) is 14.4 Å². The molecule has 57 heavy (non-hydrogen) atoms. The number of carbonyl (C=O) groups excluding carboxylic acids is 3. The molecule has 0 saturated carbocycles. The molecule has 0 N–H and O–H groups in total. The van der Waals surface area contributed by atoms with Gasteiger partial charge in [0.2, 0.25) is 0 Å². The average molecular weight is 801 g/mol. The highest BCUT2D eigenvalue weighted by molar-refractivity contribution is 5.71. The summed E-state index contributed by atoms with van der Waals surface area (Å²) in [6, 6.07) is 0. The summed E-state index contributed by atoms with van der Waals surface area (Å²) in [5, 5.41) is 0. The van der Waals surface area contributed by atoms with E-state index in [0.29, 0.717) is 19.3 Å². The van der Waals surface area contributed by atoms with Crippen LogP contribution in [0.5, 0.6) is 0 Å². The van der Waals surface area contributed by atoms with Crippen LogP contribution in [0, 0.1) is 0 Å². The first-order chi connectivity index (χ1) is 28.0. The molecule has 0 rings (SSSR count). The van der Waals surface area contributed by atoms with Gasteiger partial charge < -0.3 is 14.2 Å². The highest BCUT2D eigenvalue weighted by Gasteiger charge is 2.19. The standard InChI is InChI=1S/C51H92O6/c1-4-7-10-13-16-19-22-25-28-31-34-37-40-43-49(52)55-46-48(57-51(54)45-42-39-36-33-30-27-24-21-18-15-12-9-6-3)47-56-50(53)44-41-38-35-32-29-26-23-20-17-14-11-8-5-2/h22-27,48H,4-21,28-47H2,1-3H3. The van der Waals surface area contributed by atoms with Gasteiger partial charge in [-0.25, -0.2) is 0 Å². The second kappa shape index (κ2) is 46.3. The summed E-state index contributed by atoms with van der Waals surface area (Å²) in [7, 11) is 0. The van der Waals surface area contributed by atoms with Crippen molar-refractivity contribution in [3.8, 4) is 0 Å². The molecule has 6 heteroatoms. The predicted octanol–water partition coefficient (Wildman–Crippen LogP) is 15.8. The first-order valence-corrected chi connectivity index (χ1v) is 24.5. The number of rotatable bonds is 44. The van der Waals surface area contributed by atoms with Gasteiger partial charge in [0.25, 0.3) is 0 Å². The van der Waals surface area contributed by atoms with E-state index in [4.69, 9.17) is 14.2 Å². The molecule has 0 amide bonds. The molecule has 0 spiro atoms. The normalized spacial score (nSPS) is 12.3. The maximum Gasteiger partial charge on any atom is 0.306 e. The summed E-state index contributed by atoms with van der Waals surface area (Å²) in [5.41, 5.74) is 0. The molecule has 0 aliphatic rings. The Labute approximate surface area is 353 Å². The van der Waals surface area contributed by atoms with E-state index in [-0.39, 0.29) is 31.1 Å². The third-order valence-corrected chi connectivity index (χ3v) is 10.6. The average Bonchev–Trinajstić information content (AvgIpc) is 3.21. The lowest BCUT2D eigenvalue weighted by Crippen LogP contribution is -2.30. The Morgan fingerprint density at radius 1 is 0.333 bits per heavy atom. The quantitative estimate of drug-likeness (QED) is 0.0264. The smallest absolute Gasteiger partial charge is 0.306 e. The largest absolute Gasteiger partial charge is 0.462 e. The van der Waals surface area contributed by atoms with Crippen molar-refractivity contribution in [3.63, 3.8) is 0 Å². The van der Waals surface area contributed by atoms with Crippen LogP contribution in [0.2, 0.25) is 0 Å². The summed E-state index contributed by atoms with van der Waals surface area (Å²) >= 11 is 0. The van der Waals surface area contributed by atoms with E-state index in [1.165, 1.54) is 116 Å². The van der Waals surface area contributed by atoms with Crippen molar-refractivity contribution in [1.29, 1.82) is 0 Å². The van der Waals surface area contributed by atoms with Gasteiger partial charge in [0.05, 0.1) is 0 Å². The second-order valence-corrected chi connectivity index (χ2v) is 16.4. The number of hydrogen-bond donors (Lipinski definition) is 0. The molecular weight excluding hydrogens is 709 g/mol. The molecule has 0 unspecified atom stereocenters. The van der Waals surface area contributed by atoms with Crippen LogP contribution in [0.4, 0.5) is 0 Å². The molecule has 0 aromatic carbocycles. The minimum Gasteiger partial charge on any atom is -0.462 e. The molecule has 0 saturated heterocycles. The van der Waals surface area contributed by atoms with Crippen molar-refractivity contribution in [1.82, 2.24) is 0 Å². The molecule has 0 aromatic rings. The first kappa shape index (κ1) is 54.6. The summed E-state index contributed by atoms with van der Waals surface area (Å²) in [5.74, 6) is -0.915. The molecule has 6 nitrogen and oxygen atoms in total. The van der Waals surface area contributed by atoms with E-state index in [1.54, 1.807) is 0 Å². The maximum atomic E-state index is 12.7. The molecule has 0 atom stereocenters. The summed E-state index contributed by atoms with van der Waals surface area (Å²) in [6.45, 7) is 6.58. The molecule has 332 valence electrons. The van der Waals surface area contributed by atoms with Crippen LogP contribution in [-0.2, 0) is 28.6 Å². The third-order valence-electron chi connectivity index (χ3n) is 10.6. The summed E-state index contributed by atoms with van der Waals surface area (Å²) in [4.78, 5) is 37.8. The van der Waals surface area contributed by atoms with Crippen LogP contribution < -0.4 is 0 Å². The Kier molecular flexibility index (Phi) is 44.4. The van der Waals surface area contributed by atoms with Crippen molar-refractivity contribution in [2.45, 2.75) is 258 Å². The topological polar surface area (TPSA) is 78.9 Å². The van der Waals surface area contributed by atoms with Gasteiger partial charge in [0.15, 0.2) is 6.10 Å². The molecule has 0 fully saturated rings. The zero-order valence-electron chi connectivity index (χ0n) is 37.9. The van der Waals surface area contributed by atoms with Gasteiger partial charge in [0, 0.05) is 19.3 Å². The first-order valence-electron chi connectivity index (χ1n) is 24.5. The third kappa shape index (κ3) is 44.6. The van der Waals surface area contributed by atoms with Crippen LogP contribution in [-0.4, -0.2) is 37.2 Å². The Balaban J connectivity index is 4.42. The van der Waals surface area contributed by atoms with Crippen LogP contribution >= 0.6 is 0 Å². The van der Waals surface area contributed by atoms with Gasteiger partial charge in [-0.3, -0.25) is 14.4 Å². The van der Waals surface area contributed by atoms with E-state index in [0.717, 1.165) is 96.3 Å². The zero-order chi connectivity index (χ0) is 41.5. The molecule has 0 aromatic heterocycles. The number of hydrogen-bond acceptors (Lipinski definition) is 6. The van der Waals surface area contributed by atoms with E-state index in [1.807, 2.05) is 0 Å². The fourth-order valence-corrected chi connectivity index (χ4v) is 6.84. The zero-order valence-corrected chi connectivity index (χ0v) is 37.9. The fourth-order valence-electron chi connectivity index (χ4n) is 6.84. The van der Waals surface area contributed by atoms with Crippen LogP contribution in [0.15, 0.2) is 36.5 Å². The maximum absolute atomic E-state index is 12.7. The van der Waals surface area contributed by atoms with E-state index in [2.05, 4.69) is 57.2 Å². The van der Waals surface area contributed by atoms with Crippen molar-refractivity contribution >= 4 is 17.9 Å². The van der Waals surface area contributed by atoms with E-state index < -0.39 is 6.10 Å². The van der Waals surface area contributed by atoms with Gasteiger partial charge in [-0.05, 0) is 96.3 Å². The van der Waals surface area contributed by atoms with Gasteiger partial charge >= 0.3 is 17.9 Å². The molecule has 0 aliphatic carbocycles. The number of allylic oxidation sites excluding steroid dienone is 6. The number of esters is 3. The van der Waals surface area contributed by atoms with Gasteiger partial charge in [-0.2, -0.15) is 0 Å². The number of carbonyl (C=O) groups is 3. The molecule has 0 heterocycles. The van der Waals surface area contributed by atoms with Crippen molar-refractivity contribution in [3.05, 3.63) is 36.5 Å². The second-order valence-electron chi connectivity index (χ2n) is 16.4. The highest BCUT2D eigenvalue weighted by atomic mass is 16.6. The molecule has 0 bridgehead atoms. The van der Waals surface area contributed by atoms with Crippen LogP contribution in [0.25, 0.3) is 0 Å². The Morgan fingerprint density at radius 3 is 0.860 bits per heavy atom. The number of unbranched alkanes of at least 4 members (excludes halogenated alkanes) is 27. The minimum atomic E-state index is -0.783.